The molecule has 0 heterocycles. The van der Waals surface area contributed by atoms with Crippen molar-refractivity contribution < 1.29 is 8.42 Å². The van der Waals surface area contributed by atoms with Crippen LogP contribution >= 0.6 is 34.8 Å². The Morgan fingerprint density at radius 3 is 2.19 bits per heavy atom. The normalized spacial score (nSPS) is 11.4. The van der Waals surface area contributed by atoms with Crippen molar-refractivity contribution in [1.82, 2.24) is 0 Å². The molecule has 0 saturated carbocycles. The molecule has 0 aromatic heterocycles. The summed E-state index contributed by atoms with van der Waals surface area (Å²) in [5.41, 5.74) is 6.55. The molecule has 0 aliphatic carbocycles. The molecule has 21 heavy (non-hydrogen) atoms. The number of nitrogens with one attached hydrogen (secondary N) is 1. The predicted octanol–water partition coefficient (Wildman–Crippen LogP) is 4.34. The summed E-state index contributed by atoms with van der Waals surface area (Å²) in [5, 5.41) is 0.721. The number of nitrogen functional groups attached to an aromatic ring is 1. The zero-order chi connectivity index (χ0) is 15.8. The molecule has 0 atom stereocenters. The molecule has 0 spiro atoms. The lowest BCUT2D eigenvalue weighted by Gasteiger charge is -2.13. The van der Waals surface area contributed by atoms with E-state index in [4.69, 9.17) is 40.5 Å². The van der Waals surface area contributed by atoms with Crippen molar-refractivity contribution in [2.24, 2.45) is 0 Å². The smallest absolute Gasteiger partial charge is 0.262 e. The van der Waals surface area contributed by atoms with E-state index in [1.165, 1.54) is 24.3 Å². The molecule has 0 fully saturated rings. The number of hydrogen-bond donors (Lipinski definition) is 2. The molecule has 8 heteroatoms. The number of halogens is 3. The molecular formula is C13H11Cl3N2O2S. The summed E-state index contributed by atoms with van der Waals surface area (Å²) in [6, 6.07) is 7.39. The fourth-order valence-electron chi connectivity index (χ4n) is 1.71. The third-order valence-electron chi connectivity index (χ3n) is 2.77. The van der Waals surface area contributed by atoms with E-state index < -0.39 is 10.0 Å². The molecule has 0 unspecified atom stereocenters. The Morgan fingerprint density at radius 1 is 1.10 bits per heavy atom. The molecule has 2 aromatic carbocycles. The highest BCUT2D eigenvalue weighted by molar-refractivity contribution is 7.92. The zero-order valence-electron chi connectivity index (χ0n) is 10.8. The zero-order valence-corrected chi connectivity index (χ0v) is 13.9. The van der Waals surface area contributed by atoms with E-state index in [0.717, 1.165) is 0 Å². The number of nitrogens with two attached hydrogens (primary N) is 1. The standard InChI is InChI=1S/C13H11Cl3N2O2S/c1-7-5-8(6-11(17)12(7)16)21(19,20)18-13-9(14)3-2-4-10(13)15/h2-6,18H,17H2,1H3. The van der Waals surface area contributed by atoms with Crippen LogP contribution in [0.4, 0.5) is 11.4 Å². The van der Waals surface area contributed by atoms with Gasteiger partial charge in [0.25, 0.3) is 10.0 Å². The van der Waals surface area contributed by atoms with Gasteiger partial charge in [0.2, 0.25) is 0 Å². The van der Waals surface area contributed by atoms with Crippen LogP contribution in [0.1, 0.15) is 5.56 Å². The molecule has 0 aliphatic heterocycles. The van der Waals surface area contributed by atoms with Gasteiger partial charge in [0, 0.05) is 0 Å². The summed E-state index contributed by atoms with van der Waals surface area (Å²) >= 11 is 17.8. The van der Waals surface area contributed by atoms with Crippen LogP contribution in [0.3, 0.4) is 0 Å². The molecule has 4 nitrogen and oxygen atoms in total. The average molecular weight is 366 g/mol. The van der Waals surface area contributed by atoms with Crippen molar-refractivity contribution in [3.8, 4) is 0 Å². The molecule has 0 aliphatic rings. The number of para-hydroxylation sites is 1. The van der Waals surface area contributed by atoms with Crippen LogP contribution in [0, 0.1) is 6.92 Å². The molecule has 0 bridgehead atoms. The van der Waals surface area contributed by atoms with Gasteiger partial charge in [0.1, 0.15) is 0 Å². The van der Waals surface area contributed by atoms with E-state index in [-0.39, 0.29) is 26.3 Å². The summed E-state index contributed by atoms with van der Waals surface area (Å²) in [4.78, 5) is -0.0158. The van der Waals surface area contributed by atoms with Crippen LogP contribution in [-0.2, 0) is 10.0 Å². The van der Waals surface area contributed by atoms with Crippen LogP contribution in [0.15, 0.2) is 35.2 Å². The first-order valence-electron chi connectivity index (χ1n) is 5.75. The minimum atomic E-state index is -3.88. The third-order valence-corrected chi connectivity index (χ3v) is 5.24. The van der Waals surface area contributed by atoms with E-state index in [1.54, 1.807) is 13.0 Å². The van der Waals surface area contributed by atoms with Crippen LogP contribution in [0.5, 0.6) is 0 Å². The average Bonchev–Trinajstić information content (AvgIpc) is 2.40. The molecule has 112 valence electrons. The second-order valence-electron chi connectivity index (χ2n) is 4.35. The Kier molecular flexibility index (Phi) is 4.58. The topological polar surface area (TPSA) is 72.2 Å². The SMILES string of the molecule is Cc1cc(S(=O)(=O)Nc2c(Cl)cccc2Cl)cc(N)c1Cl. The third kappa shape index (κ3) is 3.37. The van der Waals surface area contributed by atoms with Gasteiger partial charge in [0.15, 0.2) is 0 Å². The molecular weight excluding hydrogens is 355 g/mol. The van der Waals surface area contributed by atoms with Crippen molar-refractivity contribution in [2.75, 3.05) is 10.5 Å². The predicted molar refractivity (Wildman–Crippen MR) is 87.9 cm³/mol. The van der Waals surface area contributed by atoms with Crippen molar-refractivity contribution in [3.05, 3.63) is 51.0 Å². The Balaban J connectivity index is 2.49. The highest BCUT2D eigenvalue weighted by Gasteiger charge is 2.19. The number of hydrogen-bond acceptors (Lipinski definition) is 3. The lowest BCUT2D eigenvalue weighted by Crippen LogP contribution is -2.14. The number of sulfonamides is 1. The molecule has 0 amide bonds. The Bertz CT molecular complexity index is 764. The Labute approximate surface area is 137 Å². The van der Waals surface area contributed by atoms with Crippen LogP contribution in [-0.4, -0.2) is 8.42 Å². The van der Waals surface area contributed by atoms with E-state index in [0.29, 0.717) is 10.6 Å². The van der Waals surface area contributed by atoms with E-state index in [9.17, 15) is 8.42 Å². The van der Waals surface area contributed by atoms with Gasteiger partial charge < -0.3 is 5.73 Å². The highest BCUT2D eigenvalue weighted by Crippen LogP contribution is 2.33. The minimum absolute atomic E-state index is 0.0158. The van der Waals surface area contributed by atoms with Crippen molar-refractivity contribution in [2.45, 2.75) is 11.8 Å². The van der Waals surface area contributed by atoms with Crippen LogP contribution in [0.2, 0.25) is 15.1 Å². The van der Waals surface area contributed by atoms with Crippen molar-refractivity contribution in [3.63, 3.8) is 0 Å². The number of anilines is 2. The summed E-state index contributed by atoms with van der Waals surface area (Å²) in [6.45, 7) is 1.67. The van der Waals surface area contributed by atoms with Gasteiger partial charge in [-0.25, -0.2) is 8.42 Å². The minimum Gasteiger partial charge on any atom is -0.397 e. The summed E-state index contributed by atoms with van der Waals surface area (Å²) < 4.78 is 27.1. The van der Waals surface area contributed by atoms with Gasteiger partial charge in [-0.1, -0.05) is 40.9 Å². The maximum Gasteiger partial charge on any atom is 0.262 e. The van der Waals surface area contributed by atoms with Gasteiger partial charge >= 0.3 is 0 Å². The molecule has 3 N–H and O–H groups in total. The summed E-state index contributed by atoms with van der Waals surface area (Å²) in [6.07, 6.45) is 0. The Hall–Kier alpha value is -1.14. The quantitative estimate of drug-likeness (QED) is 0.795. The van der Waals surface area contributed by atoms with Crippen LogP contribution in [0.25, 0.3) is 0 Å². The van der Waals surface area contributed by atoms with E-state index in [1.807, 2.05) is 0 Å². The van der Waals surface area contributed by atoms with Gasteiger partial charge in [0.05, 0.1) is 31.3 Å². The van der Waals surface area contributed by atoms with Gasteiger partial charge in [-0.15, -0.1) is 0 Å². The van der Waals surface area contributed by atoms with Crippen molar-refractivity contribution in [1.29, 1.82) is 0 Å². The summed E-state index contributed by atoms with van der Waals surface area (Å²) in [7, 11) is -3.88. The Morgan fingerprint density at radius 2 is 1.67 bits per heavy atom. The van der Waals surface area contributed by atoms with Gasteiger partial charge in [-0.2, -0.15) is 0 Å². The van der Waals surface area contributed by atoms with Gasteiger partial charge in [-0.3, -0.25) is 4.72 Å². The molecule has 0 radical (unpaired) electrons. The number of benzene rings is 2. The van der Waals surface area contributed by atoms with Crippen molar-refractivity contribution >= 4 is 56.2 Å². The lowest BCUT2D eigenvalue weighted by molar-refractivity contribution is 0.601. The fourth-order valence-corrected chi connectivity index (χ4v) is 3.64. The monoisotopic (exact) mass is 364 g/mol. The van der Waals surface area contributed by atoms with E-state index >= 15 is 0 Å². The first kappa shape index (κ1) is 16.2. The number of rotatable bonds is 3. The maximum atomic E-state index is 12.4. The lowest BCUT2D eigenvalue weighted by atomic mass is 10.2. The number of aryl methyl sites for hydroxylation is 1. The summed E-state index contributed by atoms with van der Waals surface area (Å²) in [5.74, 6) is 0. The first-order chi connectivity index (χ1) is 9.72. The fraction of sp³-hybridized carbons (Fsp3) is 0.0769. The highest BCUT2D eigenvalue weighted by atomic mass is 35.5. The molecule has 2 rings (SSSR count). The van der Waals surface area contributed by atoms with E-state index in [2.05, 4.69) is 4.72 Å². The second kappa shape index (κ2) is 5.93. The first-order valence-corrected chi connectivity index (χ1v) is 8.36. The largest absolute Gasteiger partial charge is 0.397 e. The second-order valence-corrected chi connectivity index (χ2v) is 7.22. The van der Waals surface area contributed by atoms with Gasteiger partial charge in [-0.05, 0) is 36.8 Å². The molecule has 0 saturated heterocycles. The van der Waals surface area contributed by atoms with Crippen LogP contribution < -0.4 is 10.5 Å². The molecule has 2 aromatic rings. The maximum absolute atomic E-state index is 12.4.